The van der Waals surface area contributed by atoms with Crippen LogP contribution < -0.4 is 26.6 Å². The number of Topliss-reactive ketones (excluding diaryl/α,β-unsaturated/α-hetero) is 1. The van der Waals surface area contributed by atoms with Crippen molar-refractivity contribution in [1.29, 1.82) is 0 Å². The second-order valence-corrected chi connectivity index (χ2v) is 8.35. The maximum absolute atomic E-state index is 12.2. The molecule has 1 unspecified atom stereocenters. The van der Waals surface area contributed by atoms with Crippen molar-refractivity contribution in [1.82, 2.24) is 5.43 Å². The van der Waals surface area contributed by atoms with E-state index in [1.807, 2.05) is 35.8 Å². The van der Waals surface area contributed by atoms with Gasteiger partial charge in [-0.1, -0.05) is 46.9 Å². The third-order valence-corrected chi connectivity index (χ3v) is 5.44. The molecule has 0 aromatic heterocycles. The van der Waals surface area contributed by atoms with E-state index < -0.39 is 6.03 Å². The number of fused-ring (bicyclic) bond motifs is 1. The van der Waals surface area contributed by atoms with E-state index in [0.717, 1.165) is 17.0 Å². The van der Waals surface area contributed by atoms with Crippen molar-refractivity contribution in [3.8, 4) is 5.75 Å². The first-order valence-corrected chi connectivity index (χ1v) is 10.9. The Hall–Kier alpha value is -2.97. The molecular weight excluding hydrogens is 487 g/mol. The van der Waals surface area contributed by atoms with Crippen molar-refractivity contribution in [2.45, 2.75) is 12.5 Å². The number of carbonyl (C=O) groups excluding carboxylic acids is 2. The van der Waals surface area contributed by atoms with Crippen LogP contribution >= 0.6 is 34.8 Å². The van der Waals surface area contributed by atoms with Crippen LogP contribution in [0.1, 0.15) is 28.4 Å². The lowest BCUT2D eigenvalue weighted by Crippen LogP contribution is -2.34. The highest BCUT2D eigenvalue weighted by molar-refractivity contribution is 6.35. The standard InChI is InChI=1S/C16H14ClNO2.C7H7Cl2N3O/c1-20-12-5-2-10(3-6-12)15-9-16(19)13-8-11(17)4-7-14(13)18-15;8-4-1-5(9)3-6(2-4)11-7(13)12-10/h2-8,15,18H,9H2,1H3;1-3H,10H2,(H2,11,12,13). The molecule has 1 heterocycles. The van der Waals surface area contributed by atoms with Gasteiger partial charge in [-0.05, 0) is 54.1 Å². The normalized spacial score (nSPS) is 14.2. The van der Waals surface area contributed by atoms with E-state index in [1.54, 1.807) is 37.4 Å². The molecule has 1 atom stereocenters. The number of halogens is 3. The van der Waals surface area contributed by atoms with Crippen LogP contribution in [-0.2, 0) is 0 Å². The minimum absolute atomic E-state index is 0.0120. The predicted molar refractivity (Wildman–Crippen MR) is 133 cm³/mol. The summed E-state index contributed by atoms with van der Waals surface area (Å²) >= 11 is 17.3. The Bertz CT molecular complexity index is 1140. The SMILES string of the molecule is COc1ccc(C2CC(=O)c3cc(Cl)ccc3N2)cc1.NNC(=O)Nc1cc(Cl)cc(Cl)c1. The van der Waals surface area contributed by atoms with Gasteiger partial charge >= 0.3 is 6.03 Å². The maximum Gasteiger partial charge on any atom is 0.333 e. The van der Waals surface area contributed by atoms with E-state index in [2.05, 4.69) is 10.6 Å². The molecular formula is C23H21Cl3N4O3. The molecule has 33 heavy (non-hydrogen) atoms. The Balaban J connectivity index is 0.000000205. The number of rotatable bonds is 3. The zero-order valence-corrected chi connectivity index (χ0v) is 19.8. The van der Waals surface area contributed by atoms with Crippen molar-refractivity contribution in [3.63, 3.8) is 0 Å². The minimum Gasteiger partial charge on any atom is -0.497 e. The molecule has 4 rings (SSSR count). The topological polar surface area (TPSA) is 105 Å². The fraction of sp³-hybridized carbons (Fsp3) is 0.130. The number of methoxy groups -OCH3 is 1. The van der Waals surface area contributed by atoms with Crippen LogP contribution in [0, 0.1) is 0 Å². The average Bonchev–Trinajstić information content (AvgIpc) is 2.79. The number of urea groups is 1. The number of nitrogens with one attached hydrogen (secondary N) is 3. The molecule has 0 saturated heterocycles. The molecule has 172 valence electrons. The molecule has 1 aliphatic rings. The Kier molecular flexibility index (Phi) is 8.41. The lowest BCUT2D eigenvalue weighted by atomic mass is 9.92. The molecule has 0 fully saturated rings. The number of hydrogen-bond acceptors (Lipinski definition) is 5. The van der Waals surface area contributed by atoms with Gasteiger partial charge in [-0.2, -0.15) is 0 Å². The first kappa shape index (κ1) is 24.7. The Morgan fingerprint density at radius 2 is 1.67 bits per heavy atom. The second kappa shape index (κ2) is 11.2. The van der Waals surface area contributed by atoms with Gasteiger partial charge in [-0.25, -0.2) is 10.6 Å². The summed E-state index contributed by atoms with van der Waals surface area (Å²) in [6.45, 7) is 0. The van der Waals surface area contributed by atoms with E-state index in [1.165, 1.54) is 0 Å². The van der Waals surface area contributed by atoms with Gasteiger partial charge in [0.1, 0.15) is 5.75 Å². The number of anilines is 2. The highest BCUT2D eigenvalue weighted by Gasteiger charge is 2.25. The molecule has 0 bridgehead atoms. The van der Waals surface area contributed by atoms with Gasteiger partial charge in [-0.15, -0.1) is 0 Å². The smallest absolute Gasteiger partial charge is 0.333 e. The Labute approximate surface area is 206 Å². The lowest BCUT2D eigenvalue weighted by molar-refractivity contribution is 0.0972. The molecule has 7 nitrogen and oxygen atoms in total. The third kappa shape index (κ3) is 6.76. The molecule has 3 aromatic rings. The number of hydrazine groups is 1. The van der Waals surface area contributed by atoms with Crippen molar-refractivity contribution < 1.29 is 14.3 Å². The quantitative estimate of drug-likeness (QED) is 0.195. The van der Waals surface area contributed by atoms with E-state index >= 15 is 0 Å². The molecule has 10 heteroatoms. The van der Waals surface area contributed by atoms with Crippen LogP contribution in [0.5, 0.6) is 5.75 Å². The summed E-state index contributed by atoms with van der Waals surface area (Å²) < 4.78 is 5.15. The first-order chi connectivity index (χ1) is 15.8. The number of ether oxygens (including phenoxy) is 1. The molecule has 0 radical (unpaired) electrons. The molecule has 2 amide bonds. The van der Waals surface area contributed by atoms with E-state index in [-0.39, 0.29) is 11.8 Å². The Morgan fingerprint density at radius 1 is 1.00 bits per heavy atom. The zero-order valence-electron chi connectivity index (χ0n) is 17.5. The number of ketones is 1. The van der Waals surface area contributed by atoms with Crippen molar-refractivity contribution in [2.24, 2.45) is 5.84 Å². The number of hydrogen-bond donors (Lipinski definition) is 4. The van der Waals surface area contributed by atoms with Crippen molar-refractivity contribution in [3.05, 3.63) is 86.9 Å². The van der Waals surface area contributed by atoms with Crippen molar-refractivity contribution >= 4 is 58.0 Å². The number of carbonyl (C=O) groups is 2. The monoisotopic (exact) mass is 506 g/mol. The van der Waals surface area contributed by atoms with E-state index in [4.69, 9.17) is 45.4 Å². The summed E-state index contributed by atoms with van der Waals surface area (Å²) in [5, 5.41) is 7.29. The second-order valence-electron chi connectivity index (χ2n) is 7.04. The van der Waals surface area contributed by atoms with Crippen LogP contribution in [-0.4, -0.2) is 18.9 Å². The predicted octanol–water partition coefficient (Wildman–Crippen LogP) is 6.08. The highest BCUT2D eigenvalue weighted by atomic mass is 35.5. The van der Waals surface area contributed by atoms with Crippen LogP contribution in [0.15, 0.2) is 60.7 Å². The average molecular weight is 508 g/mol. The molecule has 1 aliphatic heterocycles. The summed E-state index contributed by atoms with van der Waals surface area (Å²) in [4.78, 5) is 23.0. The fourth-order valence-corrected chi connectivity index (χ4v) is 3.94. The highest BCUT2D eigenvalue weighted by Crippen LogP contribution is 2.34. The largest absolute Gasteiger partial charge is 0.497 e. The van der Waals surface area contributed by atoms with Gasteiger partial charge in [0, 0.05) is 38.4 Å². The molecule has 5 N–H and O–H groups in total. The van der Waals surface area contributed by atoms with Gasteiger partial charge in [0.2, 0.25) is 0 Å². The van der Waals surface area contributed by atoms with Crippen LogP contribution in [0.2, 0.25) is 15.1 Å². The van der Waals surface area contributed by atoms with Gasteiger partial charge in [0.25, 0.3) is 0 Å². The lowest BCUT2D eigenvalue weighted by Gasteiger charge is -2.26. The minimum atomic E-state index is -0.529. The van der Waals surface area contributed by atoms with Gasteiger partial charge in [0.05, 0.1) is 13.2 Å². The molecule has 3 aromatic carbocycles. The van der Waals surface area contributed by atoms with Crippen LogP contribution in [0.3, 0.4) is 0 Å². The number of amides is 2. The molecule has 0 saturated carbocycles. The number of nitrogens with two attached hydrogens (primary N) is 1. The summed E-state index contributed by atoms with van der Waals surface area (Å²) in [6, 6.07) is 17.3. The summed E-state index contributed by atoms with van der Waals surface area (Å²) in [7, 11) is 1.64. The summed E-state index contributed by atoms with van der Waals surface area (Å²) in [5.41, 5.74) is 4.98. The van der Waals surface area contributed by atoms with E-state index in [9.17, 15) is 9.59 Å². The fourth-order valence-electron chi connectivity index (χ4n) is 3.24. The van der Waals surface area contributed by atoms with Gasteiger partial charge in [0.15, 0.2) is 5.78 Å². The Morgan fingerprint density at radius 3 is 2.27 bits per heavy atom. The van der Waals surface area contributed by atoms with Crippen LogP contribution in [0.25, 0.3) is 0 Å². The molecule has 0 aliphatic carbocycles. The summed E-state index contributed by atoms with van der Waals surface area (Å²) in [5.74, 6) is 5.79. The van der Waals surface area contributed by atoms with Gasteiger partial charge < -0.3 is 15.4 Å². The zero-order chi connectivity index (χ0) is 24.0. The third-order valence-electron chi connectivity index (χ3n) is 4.77. The van der Waals surface area contributed by atoms with Gasteiger partial charge in [-0.3, -0.25) is 10.2 Å². The first-order valence-electron chi connectivity index (χ1n) is 9.76. The van der Waals surface area contributed by atoms with E-state index in [0.29, 0.717) is 32.7 Å². The van der Waals surface area contributed by atoms with Crippen LogP contribution in [0.4, 0.5) is 16.2 Å². The summed E-state index contributed by atoms with van der Waals surface area (Å²) in [6.07, 6.45) is 0.430. The number of benzene rings is 3. The molecule has 0 spiro atoms. The maximum atomic E-state index is 12.2. The van der Waals surface area contributed by atoms with Crippen molar-refractivity contribution in [2.75, 3.05) is 17.7 Å².